The summed E-state index contributed by atoms with van der Waals surface area (Å²) in [7, 11) is 0. The SMILES string of the molecule is O=C(ON1C(=O)CCC1=O)c1ccc(I)c(OCC(F)(F)F)c1. The zero-order chi connectivity index (χ0) is 17.2. The fourth-order valence-corrected chi connectivity index (χ4v) is 2.19. The van der Waals surface area contributed by atoms with E-state index in [2.05, 4.69) is 9.57 Å². The van der Waals surface area contributed by atoms with E-state index in [4.69, 9.17) is 0 Å². The van der Waals surface area contributed by atoms with E-state index in [1.165, 1.54) is 12.1 Å². The van der Waals surface area contributed by atoms with E-state index in [0.29, 0.717) is 8.63 Å². The molecule has 0 spiro atoms. The van der Waals surface area contributed by atoms with E-state index in [0.717, 1.165) is 6.07 Å². The van der Waals surface area contributed by atoms with Crippen molar-refractivity contribution in [3.63, 3.8) is 0 Å². The monoisotopic (exact) mass is 443 g/mol. The van der Waals surface area contributed by atoms with Crippen LogP contribution in [0.4, 0.5) is 13.2 Å². The Hall–Kier alpha value is -1.85. The third kappa shape index (κ3) is 4.56. The first-order valence-electron chi connectivity index (χ1n) is 6.24. The quantitative estimate of drug-likeness (QED) is 0.529. The highest BCUT2D eigenvalue weighted by Gasteiger charge is 2.33. The molecule has 124 valence electrons. The lowest BCUT2D eigenvalue weighted by molar-refractivity contribution is -0.172. The molecule has 0 atom stereocenters. The lowest BCUT2D eigenvalue weighted by atomic mass is 10.2. The molecule has 0 unspecified atom stereocenters. The maximum absolute atomic E-state index is 12.2. The Morgan fingerprint density at radius 2 is 1.83 bits per heavy atom. The van der Waals surface area contributed by atoms with Gasteiger partial charge < -0.3 is 9.57 Å². The molecule has 1 heterocycles. The minimum atomic E-state index is -4.52. The van der Waals surface area contributed by atoms with Crippen LogP contribution in [-0.2, 0) is 14.4 Å². The summed E-state index contributed by atoms with van der Waals surface area (Å²) in [4.78, 5) is 39.3. The molecular formula is C13H9F3INO5. The van der Waals surface area contributed by atoms with Gasteiger partial charge in [-0.1, -0.05) is 0 Å². The van der Waals surface area contributed by atoms with Crippen LogP contribution in [0.5, 0.6) is 5.75 Å². The zero-order valence-electron chi connectivity index (χ0n) is 11.4. The summed E-state index contributed by atoms with van der Waals surface area (Å²) in [5.41, 5.74) is -0.143. The summed E-state index contributed by atoms with van der Waals surface area (Å²) in [5, 5.41) is 0.358. The Morgan fingerprint density at radius 3 is 2.39 bits per heavy atom. The predicted octanol–water partition coefficient (Wildman–Crippen LogP) is 2.45. The van der Waals surface area contributed by atoms with Gasteiger partial charge in [-0.15, -0.1) is 5.06 Å². The number of benzene rings is 1. The molecule has 2 amide bonds. The topological polar surface area (TPSA) is 72.9 Å². The van der Waals surface area contributed by atoms with Gasteiger partial charge in [-0.2, -0.15) is 13.2 Å². The first-order chi connectivity index (χ1) is 10.7. The average Bonchev–Trinajstić information content (AvgIpc) is 2.77. The van der Waals surface area contributed by atoms with Gasteiger partial charge >= 0.3 is 12.1 Å². The second kappa shape index (κ2) is 6.72. The first kappa shape index (κ1) is 17.5. The van der Waals surface area contributed by atoms with Gasteiger partial charge in [0.05, 0.1) is 9.13 Å². The number of carbonyl (C=O) groups excluding carboxylic acids is 3. The molecule has 1 aromatic rings. The van der Waals surface area contributed by atoms with Crippen molar-refractivity contribution in [1.29, 1.82) is 0 Å². The molecule has 0 N–H and O–H groups in total. The molecule has 6 nitrogen and oxygen atoms in total. The average molecular weight is 443 g/mol. The van der Waals surface area contributed by atoms with Crippen LogP contribution in [0.1, 0.15) is 23.2 Å². The standard InChI is InChI=1S/C13H9F3INO5/c14-13(15,16)6-22-9-5-7(1-2-8(9)17)12(21)23-18-10(19)3-4-11(18)20/h1-2,5H,3-4,6H2. The highest BCUT2D eigenvalue weighted by Crippen LogP contribution is 2.26. The highest BCUT2D eigenvalue weighted by atomic mass is 127. The molecule has 0 saturated carbocycles. The molecule has 10 heteroatoms. The van der Waals surface area contributed by atoms with E-state index in [9.17, 15) is 27.6 Å². The highest BCUT2D eigenvalue weighted by molar-refractivity contribution is 14.1. The van der Waals surface area contributed by atoms with Crippen LogP contribution >= 0.6 is 22.6 Å². The van der Waals surface area contributed by atoms with Crippen molar-refractivity contribution in [3.05, 3.63) is 27.3 Å². The predicted molar refractivity (Wildman–Crippen MR) is 77.2 cm³/mol. The number of ether oxygens (including phenoxy) is 1. The smallest absolute Gasteiger partial charge is 0.422 e. The Morgan fingerprint density at radius 1 is 1.22 bits per heavy atom. The number of hydroxylamine groups is 2. The summed E-state index contributed by atoms with van der Waals surface area (Å²) in [5.74, 6) is -2.50. The molecule has 0 aromatic heterocycles. The lowest BCUT2D eigenvalue weighted by Crippen LogP contribution is -2.32. The molecule has 2 rings (SSSR count). The first-order valence-corrected chi connectivity index (χ1v) is 7.32. The van der Waals surface area contributed by atoms with Crippen molar-refractivity contribution in [3.8, 4) is 5.75 Å². The molecule has 0 aliphatic carbocycles. The second-order valence-electron chi connectivity index (χ2n) is 4.51. The van der Waals surface area contributed by atoms with Crippen molar-refractivity contribution in [1.82, 2.24) is 5.06 Å². The Bertz CT molecular complexity index is 646. The number of carbonyl (C=O) groups is 3. The van der Waals surface area contributed by atoms with Crippen molar-refractivity contribution in [2.45, 2.75) is 19.0 Å². The molecule has 1 saturated heterocycles. The molecule has 0 bridgehead atoms. The van der Waals surface area contributed by atoms with E-state index in [1.807, 2.05) is 0 Å². The number of nitrogens with zero attached hydrogens (tertiary/aromatic N) is 1. The van der Waals surface area contributed by atoms with E-state index >= 15 is 0 Å². The van der Waals surface area contributed by atoms with Crippen molar-refractivity contribution < 1.29 is 37.1 Å². The van der Waals surface area contributed by atoms with Gasteiger partial charge in [-0.05, 0) is 40.8 Å². The minimum Gasteiger partial charge on any atom is -0.483 e. The normalized spacial score (nSPS) is 15.0. The van der Waals surface area contributed by atoms with Crippen LogP contribution in [0.3, 0.4) is 0 Å². The van der Waals surface area contributed by atoms with Gasteiger partial charge in [-0.25, -0.2) is 4.79 Å². The lowest BCUT2D eigenvalue weighted by Gasteiger charge is -2.14. The summed E-state index contributed by atoms with van der Waals surface area (Å²) in [6.45, 7) is -1.51. The zero-order valence-corrected chi connectivity index (χ0v) is 13.5. The molecule has 1 aliphatic rings. The van der Waals surface area contributed by atoms with Gasteiger partial charge in [0.1, 0.15) is 5.75 Å². The second-order valence-corrected chi connectivity index (χ2v) is 5.67. The van der Waals surface area contributed by atoms with Crippen LogP contribution in [0, 0.1) is 3.57 Å². The minimum absolute atomic E-state index is 0.0568. The molecule has 23 heavy (non-hydrogen) atoms. The summed E-state index contributed by atoms with van der Waals surface area (Å²) in [6.07, 6.45) is -4.63. The third-order valence-corrected chi connectivity index (χ3v) is 3.63. The fourth-order valence-electron chi connectivity index (χ4n) is 1.69. The van der Waals surface area contributed by atoms with Gasteiger partial charge in [0.2, 0.25) is 0 Å². The number of alkyl halides is 3. The van der Waals surface area contributed by atoms with E-state index in [1.54, 1.807) is 22.6 Å². The maximum atomic E-state index is 12.2. The summed E-state index contributed by atoms with van der Waals surface area (Å²) in [6, 6.07) is 3.70. The van der Waals surface area contributed by atoms with Crippen molar-refractivity contribution in [2.75, 3.05) is 6.61 Å². The fraction of sp³-hybridized carbons (Fsp3) is 0.308. The molecule has 1 aromatic carbocycles. The van der Waals surface area contributed by atoms with E-state index in [-0.39, 0.29) is 24.2 Å². The van der Waals surface area contributed by atoms with Gasteiger partial charge in [0, 0.05) is 12.8 Å². The number of amides is 2. The largest absolute Gasteiger partial charge is 0.483 e. The third-order valence-electron chi connectivity index (χ3n) is 2.74. The summed E-state index contributed by atoms with van der Waals surface area (Å²) >= 11 is 1.75. The van der Waals surface area contributed by atoms with Gasteiger partial charge in [0.15, 0.2) is 6.61 Å². The Labute approximate surface area is 141 Å². The van der Waals surface area contributed by atoms with Gasteiger partial charge in [-0.3, -0.25) is 9.59 Å². The molecule has 1 fully saturated rings. The Kier molecular flexibility index (Phi) is 5.12. The van der Waals surface area contributed by atoms with Crippen LogP contribution < -0.4 is 4.74 Å². The van der Waals surface area contributed by atoms with Crippen LogP contribution in [-0.4, -0.2) is 35.6 Å². The number of rotatable bonds is 4. The van der Waals surface area contributed by atoms with Crippen molar-refractivity contribution >= 4 is 40.4 Å². The summed E-state index contributed by atoms with van der Waals surface area (Å²) < 4.78 is 41.5. The number of imide groups is 1. The Balaban J connectivity index is 2.11. The van der Waals surface area contributed by atoms with Crippen molar-refractivity contribution in [2.24, 2.45) is 0 Å². The van der Waals surface area contributed by atoms with Crippen LogP contribution in [0.15, 0.2) is 18.2 Å². The maximum Gasteiger partial charge on any atom is 0.422 e. The number of hydrogen-bond acceptors (Lipinski definition) is 5. The van der Waals surface area contributed by atoms with Crippen LogP contribution in [0.25, 0.3) is 0 Å². The van der Waals surface area contributed by atoms with Gasteiger partial charge in [0.25, 0.3) is 11.8 Å². The molecular weight excluding hydrogens is 434 g/mol. The van der Waals surface area contributed by atoms with Crippen LogP contribution in [0.2, 0.25) is 0 Å². The molecule has 1 aliphatic heterocycles. The molecule has 0 radical (unpaired) electrons. The van der Waals surface area contributed by atoms with E-state index < -0.39 is 30.6 Å². The number of halogens is 4. The number of hydrogen-bond donors (Lipinski definition) is 0.